The fraction of sp³-hybridized carbons (Fsp3) is 0.0556. The summed E-state index contributed by atoms with van der Waals surface area (Å²) in [6, 6.07) is 11.6. The van der Waals surface area contributed by atoms with Crippen LogP contribution in [0.5, 0.6) is 0 Å². The number of allylic oxidation sites excluding steroid dienone is 2. The third-order valence-electron chi connectivity index (χ3n) is 3.91. The maximum Gasteiger partial charge on any atom is 0.277 e. The van der Waals surface area contributed by atoms with Crippen LogP contribution in [0.4, 0.5) is 0 Å². The Balaban J connectivity index is 1.77. The van der Waals surface area contributed by atoms with Gasteiger partial charge < -0.3 is 10.7 Å². The number of carbonyl (C=O) groups is 1. The summed E-state index contributed by atoms with van der Waals surface area (Å²) in [6.45, 7) is 1.79. The Morgan fingerprint density at radius 1 is 1.23 bits per heavy atom. The number of fused-ring (bicyclic) bond motifs is 1. The average Bonchev–Trinajstić information content (AvgIpc) is 2.98. The highest BCUT2D eigenvalue weighted by Gasteiger charge is 2.19. The summed E-state index contributed by atoms with van der Waals surface area (Å²) in [4.78, 5) is 17.2. The lowest BCUT2D eigenvalue weighted by Crippen LogP contribution is -2.39. The van der Waals surface area contributed by atoms with Gasteiger partial charge in [0.05, 0.1) is 11.4 Å². The predicted molar refractivity (Wildman–Crippen MR) is 102 cm³/mol. The molecule has 1 amide bonds. The average molecular weight is 411 g/mol. The van der Waals surface area contributed by atoms with Gasteiger partial charge in [-0.25, -0.2) is 9.50 Å². The van der Waals surface area contributed by atoms with E-state index in [2.05, 4.69) is 42.2 Å². The lowest BCUT2D eigenvalue weighted by molar-refractivity contribution is 0.0955. The van der Waals surface area contributed by atoms with Gasteiger partial charge in [0, 0.05) is 16.2 Å². The van der Waals surface area contributed by atoms with Crippen LogP contribution in [-0.4, -0.2) is 20.5 Å². The molecule has 0 saturated heterocycles. The Morgan fingerprint density at radius 3 is 2.85 bits per heavy atom. The van der Waals surface area contributed by atoms with Gasteiger partial charge in [-0.2, -0.15) is 5.10 Å². The molecule has 26 heavy (non-hydrogen) atoms. The van der Waals surface area contributed by atoms with Crippen molar-refractivity contribution < 1.29 is 4.79 Å². The maximum absolute atomic E-state index is 12.8. The van der Waals surface area contributed by atoms with Crippen LogP contribution in [0.15, 0.2) is 65.0 Å². The summed E-state index contributed by atoms with van der Waals surface area (Å²) in [5.41, 5.74) is 8.99. The zero-order valence-corrected chi connectivity index (χ0v) is 15.4. The van der Waals surface area contributed by atoms with Gasteiger partial charge >= 0.3 is 0 Å². The van der Waals surface area contributed by atoms with Gasteiger partial charge in [0.15, 0.2) is 11.3 Å². The molecule has 3 heterocycles. The molecule has 0 saturated carbocycles. The molecule has 0 aliphatic carbocycles. The Kier molecular flexibility index (Phi) is 4.18. The van der Waals surface area contributed by atoms with Crippen molar-refractivity contribution in [3.63, 3.8) is 0 Å². The first-order valence-electron chi connectivity index (χ1n) is 7.94. The van der Waals surface area contributed by atoms with E-state index in [-0.39, 0.29) is 5.91 Å². The Labute approximate surface area is 157 Å². The smallest absolute Gasteiger partial charge is 0.277 e. The van der Waals surface area contributed by atoms with Gasteiger partial charge in [-0.15, -0.1) is 0 Å². The number of nitrogens with zero attached hydrogens (tertiary/aromatic N) is 3. The van der Waals surface area contributed by atoms with E-state index in [1.54, 1.807) is 29.8 Å². The fourth-order valence-electron chi connectivity index (χ4n) is 2.72. The molecule has 4 rings (SSSR count). The van der Waals surface area contributed by atoms with Crippen LogP contribution in [-0.2, 0) is 0 Å². The Bertz CT molecular complexity index is 1070. The molecule has 7 nitrogen and oxygen atoms in total. The number of hydrazine groups is 1. The van der Waals surface area contributed by atoms with Gasteiger partial charge in [0.2, 0.25) is 0 Å². The summed E-state index contributed by atoms with van der Waals surface area (Å²) < 4.78 is 2.51. The molecule has 1 aliphatic heterocycles. The molecular formula is C18H15BrN6O. The summed E-state index contributed by atoms with van der Waals surface area (Å²) >= 11 is 3.54. The number of imidazole rings is 1. The van der Waals surface area contributed by atoms with Crippen LogP contribution in [0.1, 0.15) is 16.2 Å². The molecule has 8 heteroatoms. The first kappa shape index (κ1) is 16.3. The molecule has 1 aromatic carbocycles. The number of carbonyl (C=O) groups excluding carboxylic acids is 1. The summed E-state index contributed by atoms with van der Waals surface area (Å²) in [7, 11) is 0. The van der Waals surface area contributed by atoms with Gasteiger partial charge in [0.1, 0.15) is 5.82 Å². The SMILES string of the molecule is Cc1nc2ccc(-c3ccccc3Br)nn2c1C(=O)NC1=CC=CNN1. The van der Waals surface area contributed by atoms with Crippen LogP contribution in [0, 0.1) is 6.92 Å². The van der Waals surface area contributed by atoms with E-state index in [9.17, 15) is 4.79 Å². The molecule has 1 aliphatic rings. The number of rotatable bonds is 3. The number of halogens is 1. The third kappa shape index (κ3) is 2.95. The van der Waals surface area contributed by atoms with Crippen molar-refractivity contribution in [3.8, 4) is 11.3 Å². The predicted octanol–water partition coefficient (Wildman–Crippen LogP) is 2.66. The van der Waals surface area contributed by atoms with Gasteiger partial charge in [-0.05, 0) is 37.3 Å². The Hall–Kier alpha value is -3.13. The molecule has 3 N–H and O–H groups in total. The van der Waals surface area contributed by atoms with Gasteiger partial charge in [-0.1, -0.05) is 34.1 Å². The number of hydrogen-bond donors (Lipinski definition) is 3. The molecule has 0 fully saturated rings. The monoisotopic (exact) mass is 410 g/mol. The van der Waals surface area contributed by atoms with Gasteiger partial charge in [-0.3, -0.25) is 10.2 Å². The van der Waals surface area contributed by atoms with Crippen molar-refractivity contribution in [3.05, 3.63) is 76.4 Å². The minimum atomic E-state index is -0.289. The highest BCUT2D eigenvalue weighted by Crippen LogP contribution is 2.26. The minimum absolute atomic E-state index is 0.289. The number of aromatic nitrogens is 3. The second-order valence-electron chi connectivity index (χ2n) is 5.68. The lowest BCUT2D eigenvalue weighted by atomic mass is 10.1. The molecule has 3 aromatic rings. The second kappa shape index (κ2) is 6.64. The number of benzene rings is 1. The van der Waals surface area contributed by atoms with Crippen molar-refractivity contribution in [1.29, 1.82) is 0 Å². The zero-order chi connectivity index (χ0) is 18.1. The first-order chi connectivity index (χ1) is 12.6. The molecule has 0 unspecified atom stereocenters. The van der Waals surface area contributed by atoms with Crippen LogP contribution < -0.4 is 16.2 Å². The molecule has 2 aromatic heterocycles. The van der Waals surface area contributed by atoms with Gasteiger partial charge in [0.25, 0.3) is 5.91 Å². The third-order valence-corrected chi connectivity index (χ3v) is 4.61. The van der Waals surface area contributed by atoms with Crippen LogP contribution in [0.25, 0.3) is 16.9 Å². The highest BCUT2D eigenvalue weighted by molar-refractivity contribution is 9.10. The van der Waals surface area contributed by atoms with E-state index in [0.717, 1.165) is 15.7 Å². The lowest BCUT2D eigenvalue weighted by Gasteiger charge is -2.14. The van der Waals surface area contributed by atoms with E-state index in [4.69, 9.17) is 0 Å². The topological polar surface area (TPSA) is 83.4 Å². The molecule has 0 spiro atoms. The van der Waals surface area contributed by atoms with Crippen molar-refractivity contribution in [2.24, 2.45) is 0 Å². The number of nitrogens with one attached hydrogen (secondary N) is 3. The van der Waals surface area contributed by atoms with Crippen molar-refractivity contribution in [2.45, 2.75) is 6.92 Å². The van der Waals surface area contributed by atoms with E-state index in [1.165, 1.54) is 0 Å². The molecule has 0 bridgehead atoms. The first-order valence-corrected chi connectivity index (χ1v) is 8.74. The largest absolute Gasteiger partial charge is 0.307 e. The van der Waals surface area contributed by atoms with Crippen LogP contribution in [0.3, 0.4) is 0 Å². The normalized spacial score (nSPS) is 13.1. The summed E-state index contributed by atoms with van der Waals surface area (Å²) in [5.74, 6) is 0.261. The van der Waals surface area contributed by atoms with Crippen molar-refractivity contribution >= 4 is 27.5 Å². The molecule has 0 atom stereocenters. The maximum atomic E-state index is 12.8. The molecular weight excluding hydrogens is 396 g/mol. The number of aryl methyl sites for hydroxylation is 1. The van der Waals surface area contributed by atoms with E-state index < -0.39 is 0 Å². The quantitative estimate of drug-likeness (QED) is 0.618. The zero-order valence-electron chi connectivity index (χ0n) is 13.8. The summed E-state index contributed by atoms with van der Waals surface area (Å²) in [5, 5.41) is 7.45. The molecule has 130 valence electrons. The van der Waals surface area contributed by atoms with Crippen LogP contribution in [0.2, 0.25) is 0 Å². The van der Waals surface area contributed by atoms with Crippen LogP contribution >= 0.6 is 15.9 Å². The Morgan fingerprint density at radius 2 is 2.08 bits per heavy atom. The van der Waals surface area contributed by atoms with Crippen molar-refractivity contribution in [2.75, 3.05) is 0 Å². The second-order valence-corrected chi connectivity index (χ2v) is 6.53. The number of amides is 1. The van der Waals surface area contributed by atoms with Crippen molar-refractivity contribution in [1.82, 2.24) is 30.8 Å². The highest BCUT2D eigenvalue weighted by atomic mass is 79.9. The molecule has 0 radical (unpaired) electrons. The van der Waals surface area contributed by atoms with E-state index in [1.807, 2.05) is 36.4 Å². The standard InChI is InChI=1S/C18H15BrN6O/c1-11-17(18(26)22-15-7-4-10-20-23-15)25-16(21-11)9-8-14(24-25)12-5-2-3-6-13(12)19/h2-10,20,23H,1H3,(H,22,26). The summed E-state index contributed by atoms with van der Waals surface area (Å²) in [6.07, 6.45) is 5.27. The van der Waals surface area contributed by atoms with E-state index in [0.29, 0.717) is 22.9 Å². The minimum Gasteiger partial charge on any atom is -0.307 e. The number of hydrogen-bond acceptors (Lipinski definition) is 5. The van der Waals surface area contributed by atoms with E-state index >= 15 is 0 Å². The fourth-order valence-corrected chi connectivity index (χ4v) is 3.21.